The number of alkyl halides is 3. The minimum absolute atomic E-state index is 0.00848. The zero-order valence-corrected chi connectivity index (χ0v) is 8.99. The number of rotatable bonds is 5. The Bertz CT molecular complexity index is 273. The van der Waals surface area contributed by atoms with Crippen molar-refractivity contribution < 1.29 is 17.6 Å². The molecule has 0 radical (unpaired) electrons. The highest BCUT2D eigenvalue weighted by atomic mass is 32.2. The lowest BCUT2D eigenvalue weighted by Crippen LogP contribution is -2.22. The Morgan fingerprint density at radius 1 is 1.53 bits per heavy atom. The van der Waals surface area contributed by atoms with E-state index in [1.165, 1.54) is 6.26 Å². The van der Waals surface area contributed by atoms with Crippen LogP contribution < -0.4 is 5.32 Å². The van der Waals surface area contributed by atoms with Crippen molar-refractivity contribution in [2.45, 2.75) is 18.5 Å². The Hall–Kier alpha value is -0.620. The van der Waals surface area contributed by atoms with Crippen molar-refractivity contribution in [3.8, 4) is 0 Å². The first-order valence-electron chi connectivity index (χ1n) is 4.46. The molecule has 0 spiro atoms. The summed E-state index contributed by atoms with van der Waals surface area (Å²) in [5.41, 5.74) is -4.14. The third-order valence-corrected chi connectivity index (χ3v) is 2.52. The molecule has 0 bridgehead atoms. The number of hydrogen-bond acceptors (Lipinski definition) is 3. The molecule has 0 aliphatic carbocycles. The molecule has 86 valence electrons. The molecule has 2 nitrogen and oxygen atoms in total. The topological polar surface area (TPSA) is 25.2 Å². The second-order valence-electron chi connectivity index (χ2n) is 2.99. The molecule has 1 rings (SSSR count). The van der Waals surface area contributed by atoms with Crippen molar-refractivity contribution in [2.24, 2.45) is 0 Å². The summed E-state index contributed by atoms with van der Waals surface area (Å²) in [7, 11) is 0. The van der Waals surface area contributed by atoms with Crippen molar-refractivity contribution >= 4 is 11.8 Å². The maximum absolute atomic E-state index is 11.8. The van der Waals surface area contributed by atoms with E-state index in [1.807, 2.05) is 6.92 Å². The molecule has 0 saturated carbocycles. The number of furan rings is 1. The Balaban J connectivity index is 2.16. The summed E-state index contributed by atoms with van der Waals surface area (Å²) >= 11 is -0.0203. The summed E-state index contributed by atoms with van der Waals surface area (Å²) < 4.78 is 40.4. The maximum Gasteiger partial charge on any atom is 0.441 e. The lowest BCUT2D eigenvalue weighted by Gasteiger charge is -2.11. The summed E-state index contributed by atoms with van der Waals surface area (Å²) in [5, 5.41) is 2.94. The average Bonchev–Trinajstić information content (AvgIpc) is 2.63. The molecule has 6 heteroatoms. The molecule has 0 aliphatic rings. The van der Waals surface area contributed by atoms with Gasteiger partial charge in [-0.05, 0) is 30.8 Å². The van der Waals surface area contributed by atoms with Gasteiger partial charge in [0.15, 0.2) is 0 Å². The van der Waals surface area contributed by atoms with E-state index in [-0.39, 0.29) is 23.6 Å². The summed E-state index contributed by atoms with van der Waals surface area (Å²) in [6, 6.07) is 3.47. The van der Waals surface area contributed by atoms with E-state index in [4.69, 9.17) is 4.42 Å². The van der Waals surface area contributed by atoms with E-state index in [1.54, 1.807) is 12.1 Å². The van der Waals surface area contributed by atoms with Crippen LogP contribution in [0.3, 0.4) is 0 Å². The summed E-state index contributed by atoms with van der Waals surface area (Å²) in [5.74, 6) is 0.737. The SMILES string of the molecule is CC(NCCSC(F)(F)F)c1ccco1. The number of hydrogen-bond donors (Lipinski definition) is 1. The van der Waals surface area contributed by atoms with Gasteiger partial charge in [0.05, 0.1) is 12.3 Å². The second-order valence-corrected chi connectivity index (χ2v) is 4.15. The third-order valence-electron chi connectivity index (χ3n) is 1.79. The number of thioether (sulfide) groups is 1. The van der Waals surface area contributed by atoms with Gasteiger partial charge >= 0.3 is 5.51 Å². The van der Waals surface area contributed by atoms with Crippen LogP contribution in [0.1, 0.15) is 18.7 Å². The summed E-state index contributed by atoms with van der Waals surface area (Å²) in [6.45, 7) is 2.14. The molecule has 0 aliphatic heterocycles. The molecule has 0 fully saturated rings. The smallest absolute Gasteiger partial charge is 0.441 e. The maximum atomic E-state index is 11.8. The number of nitrogens with one attached hydrogen (secondary N) is 1. The van der Waals surface area contributed by atoms with Crippen molar-refractivity contribution in [3.63, 3.8) is 0 Å². The number of halogens is 3. The Morgan fingerprint density at radius 3 is 2.80 bits per heavy atom. The van der Waals surface area contributed by atoms with E-state index in [0.717, 1.165) is 5.76 Å². The highest BCUT2D eigenvalue weighted by molar-refractivity contribution is 8.00. The highest BCUT2D eigenvalue weighted by Crippen LogP contribution is 2.29. The minimum atomic E-state index is -4.14. The van der Waals surface area contributed by atoms with Crippen LogP contribution in [-0.4, -0.2) is 17.8 Å². The lowest BCUT2D eigenvalue weighted by molar-refractivity contribution is -0.0327. The first-order valence-corrected chi connectivity index (χ1v) is 5.45. The lowest BCUT2D eigenvalue weighted by atomic mass is 10.2. The van der Waals surface area contributed by atoms with Crippen LogP contribution >= 0.6 is 11.8 Å². The first-order chi connectivity index (χ1) is 6.99. The molecule has 1 atom stereocenters. The molecule has 1 aromatic heterocycles. The van der Waals surface area contributed by atoms with Crippen LogP contribution in [0.15, 0.2) is 22.8 Å². The van der Waals surface area contributed by atoms with Gasteiger partial charge in [0.25, 0.3) is 0 Å². The molecule has 15 heavy (non-hydrogen) atoms. The summed E-state index contributed by atoms with van der Waals surface area (Å²) in [6.07, 6.45) is 1.54. The fourth-order valence-corrected chi connectivity index (χ4v) is 1.53. The molecule has 0 amide bonds. The first kappa shape index (κ1) is 12.4. The predicted molar refractivity (Wildman–Crippen MR) is 53.6 cm³/mol. The van der Waals surface area contributed by atoms with Gasteiger partial charge in [-0.1, -0.05) is 0 Å². The molecule has 1 heterocycles. The molecular formula is C9H12F3NOS. The minimum Gasteiger partial charge on any atom is -0.468 e. The van der Waals surface area contributed by atoms with Crippen LogP contribution in [-0.2, 0) is 0 Å². The Morgan fingerprint density at radius 2 is 2.27 bits per heavy atom. The van der Waals surface area contributed by atoms with E-state index >= 15 is 0 Å². The highest BCUT2D eigenvalue weighted by Gasteiger charge is 2.27. The fourth-order valence-electron chi connectivity index (χ4n) is 1.08. The quantitative estimate of drug-likeness (QED) is 0.799. The van der Waals surface area contributed by atoms with Crippen LogP contribution in [0.25, 0.3) is 0 Å². The predicted octanol–water partition coefficient (Wildman–Crippen LogP) is 3.18. The van der Waals surface area contributed by atoms with Crippen LogP contribution in [0, 0.1) is 0 Å². The van der Waals surface area contributed by atoms with Crippen LogP contribution in [0.5, 0.6) is 0 Å². The standard InChI is InChI=1S/C9H12F3NOS/c1-7(8-3-2-5-14-8)13-4-6-15-9(10,11)12/h2-3,5,7,13H,4,6H2,1H3. The Labute approximate surface area is 90.2 Å². The van der Waals surface area contributed by atoms with Crippen LogP contribution in [0.4, 0.5) is 13.2 Å². The van der Waals surface area contributed by atoms with Gasteiger partial charge in [0.2, 0.25) is 0 Å². The van der Waals surface area contributed by atoms with Gasteiger partial charge in [-0.15, -0.1) is 0 Å². The van der Waals surface area contributed by atoms with E-state index in [2.05, 4.69) is 5.32 Å². The zero-order chi connectivity index (χ0) is 11.3. The van der Waals surface area contributed by atoms with Gasteiger partial charge in [-0.25, -0.2) is 0 Å². The molecule has 0 saturated heterocycles. The molecule has 1 aromatic rings. The van der Waals surface area contributed by atoms with Crippen molar-refractivity contribution in [1.29, 1.82) is 0 Å². The van der Waals surface area contributed by atoms with Crippen molar-refractivity contribution in [2.75, 3.05) is 12.3 Å². The zero-order valence-electron chi connectivity index (χ0n) is 8.17. The molecule has 1 unspecified atom stereocenters. The van der Waals surface area contributed by atoms with Gasteiger partial charge in [-0.2, -0.15) is 13.2 Å². The van der Waals surface area contributed by atoms with E-state index in [0.29, 0.717) is 6.54 Å². The van der Waals surface area contributed by atoms with Gasteiger partial charge < -0.3 is 9.73 Å². The van der Waals surface area contributed by atoms with Crippen molar-refractivity contribution in [1.82, 2.24) is 5.32 Å². The van der Waals surface area contributed by atoms with Crippen molar-refractivity contribution in [3.05, 3.63) is 24.2 Å². The average molecular weight is 239 g/mol. The fraction of sp³-hybridized carbons (Fsp3) is 0.556. The van der Waals surface area contributed by atoms with Crippen LogP contribution in [0.2, 0.25) is 0 Å². The van der Waals surface area contributed by atoms with Gasteiger partial charge in [0.1, 0.15) is 5.76 Å². The molecule has 0 aromatic carbocycles. The summed E-state index contributed by atoms with van der Waals surface area (Å²) in [4.78, 5) is 0. The normalized spacial score (nSPS) is 14.1. The van der Waals surface area contributed by atoms with E-state index in [9.17, 15) is 13.2 Å². The second kappa shape index (κ2) is 5.46. The monoisotopic (exact) mass is 239 g/mol. The molecule has 1 N–H and O–H groups in total. The van der Waals surface area contributed by atoms with Gasteiger partial charge in [0, 0.05) is 12.3 Å². The Kier molecular flexibility index (Phi) is 4.53. The van der Waals surface area contributed by atoms with E-state index < -0.39 is 5.51 Å². The third kappa shape index (κ3) is 5.13. The molecular weight excluding hydrogens is 227 g/mol. The largest absolute Gasteiger partial charge is 0.468 e. The van der Waals surface area contributed by atoms with Gasteiger partial charge in [-0.3, -0.25) is 0 Å².